The number of carbonyl (C=O) groups excluding carboxylic acids is 1. The van der Waals surface area contributed by atoms with Gasteiger partial charge in [0.25, 0.3) is 0 Å². The maximum atomic E-state index is 11.6. The van der Waals surface area contributed by atoms with E-state index in [9.17, 15) is 4.79 Å². The molecule has 0 saturated carbocycles. The molecule has 0 atom stereocenters. The normalized spacial score (nSPS) is 10.1. The van der Waals surface area contributed by atoms with Gasteiger partial charge in [-0.25, -0.2) is 4.79 Å². The van der Waals surface area contributed by atoms with Crippen LogP contribution in [0.2, 0.25) is 0 Å². The molecule has 15 heavy (non-hydrogen) atoms. The topological polar surface area (TPSA) is 26.3 Å². The van der Waals surface area contributed by atoms with Gasteiger partial charge in [-0.15, -0.1) is 0 Å². The third kappa shape index (κ3) is 4.10. The van der Waals surface area contributed by atoms with E-state index in [1.807, 2.05) is 12.1 Å². The molecule has 0 amide bonds. The second kappa shape index (κ2) is 6.48. The Labute approximate surface area is 112 Å². The Morgan fingerprint density at radius 3 is 2.87 bits per heavy atom. The van der Waals surface area contributed by atoms with Crippen molar-refractivity contribution in [3.8, 4) is 0 Å². The minimum Gasteiger partial charge on any atom is -0.462 e. The SMILES string of the molecule is CCCCOC(=O)c1ccc(Br)cc1I. The molecule has 82 valence electrons. The zero-order valence-corrected chi connectivity index (χ0v) is 12.2. The molecule has 0 aliphatic carbocycles. The first-order valence-electron chi connectivity index (χ1n) is 4.77. The molecule has 1 rings (SSSR count). The first-order chi connectivity index (χ1) is 7.15. The summed E-state index contributed by atoms with van der Waals surface area (Å²) in [5.74, 6) is -0.236. The third-order valence-corrected chi connectivity index (χ3v) is 3.27. The van der Waals surface area contributed by atoms with E-state index in [2.05, 4.69) is 45.4 Å². The molecule has 0 aliphatic rings. The van der Waals surface area contributed by atoms with Crippen LogP contribution in [0.4, 0.5) is 0 Å². The first kappa shape index (κ1) is 13.0. The van der Waals surface area contributed by atoms with Crippen molar-refractivity contribution in [3.05, 3.63) is 31.8 Å². The van der Waals surface area contributed by atoms with Crippen molar-refractivity contribution in [2.45, 2.75) is 19.8 Å². The van der Waals surface area contributed by atoms with Crippen molar-refractivity contribution in [1.82, 2.24) is 0 Å². The highest BCUT2D eigenvalue weighted by molar-refractivity contribution is 14.1. The second-order valence-electron chi connectivity index (χ2n) is 3.11. The fraction of sp³-hybridized carbons (Fsp3) is 0.364. The molecule has 0 aromatic heterocycles. The van der Waals surface area contributed by atoms with Gasteiger partial charge in [-0.1, -0.05) is 29.3 Å². The molecule has 0 heterocycles. The number of hydrogen-bond acceptors (Lipinski definition) is 2. The summed E-state index contributed by atoms with van der Waals surface area (Å²) in [6.07, 6.45) is 1.95. The lowest BCUT2D eigenvalue weighted by molar-refractivity contribution is 0.0498. The zero-order valence-electron chi connectivity index (χ0n) is 8.43. The van der Waals surface area contributed by atoms with Gasteiger partial charge in [-0.05, 0) is 47.2 Å². The molecule has 0 spiro atoms. The Kier molecular flexibility index (Phi) is 5.60. The highest BCUT2D eigenvalue weighted by atomic mass is 127. The van der Waals surface area contributed by atoms with E-state index < -0.39 is 0 Å². The summed E-state index contributed by atoms with van der Waals surface area (Å²) in [6, 6.07) is 5.52. The zero-order chi connectivity index (χ0) is 11.3. The van der Waals surface area contributed by atoms with Gasteiger partial charge in [-0.3, -0.25) is 0 Å². The number of carbonyl (C=O) groups is 1. The molecule has 0 saturated heterocycles. The molecule has 1 aromatic carbocycles. The summed E-state index contributed by atoms with van der Waals surface area (Å²) >= 11 is 5.48. The first-order valence-corrected chi connectivity index (χ1v) is 6.64. The largest absolute Gasteiger partial charge is 0.462 e. The van der Waals surface area contributed by atoms with E-state index in [1.165, 1.54) is 0 Å². The average molecular weight is 383 g/mol. The fourth-order valence-electron chi connectivity index (χ4n) is 1.04. The van der Waals surface area contributed by atoms with Crippen LogP contribution in [0, 0.1) is 3.57 Å². The van der Waals surface area contributed by atoms with Crippen molar-refractivity contribution in [1.29, 1.82) is 0 Å². The number of rotatable bonds is 4. The summed E-state index contributed by atoms with van der Waals surface area (Å²) < 4.78 is 7.01. The minimum atomic E-state index is -0.236. The predicted molar refractivity (Wildman–Crippen MR) is 72.0 cm³/mol. The lowest BCUT2D eigenvalue weighted by Gasteiger charge is -2.05. The Morgan fingerprint density at radius 2 is 2.27 bits per heavy atom. The third-order valence-electron chi connectivity index (χ3n) is 1.88. The highest BCUT2D eigenvalue weighted by Gasteiger charge is 2.10. The second-order valence-corrected chi connectivity index (χ2v) is 5.19. The number of benzene rings is 1. The monoisotopic (exact) mass is 382 g/mol. The Balaban J connectivity index is 2.65. The van der Waals surface area contributed by atoms with E-state index in [-0.39, 0.29) is 5.97 Å². The van der Waals surface area contributed by atoms with Crippen LogP contribution in [-0.4, -0.2) is 12.6 Å². The molecule has 0 aliphatic heterocycles. The van der Waals surface area contributed by atoms with Gasteiger partial charge in [0.15, 0.2) is 0 Å². The maximum Gasteiger partial charge on any atom is 0.339 e. The van der Waals surface area contributed by atoms with Crippen molar-refractivity contribution in [2.24, 2.45) is 0 Å². The van der Waals surface area contributed by atoms with Crippen molar-refractivity contribution in [2.75, 3.05) is 6.61 Å². The molecule has 1 aromatic rings. The Morgan fingerprint density at radius 1 is 1.53 bits per heavy atom. The molecule has 0 N–H and O–H groups in total. The molecular formula is C11H12BrIO2. The molecule has 0 bridgehead atoms. The van der Waals surface area contributed by atoms with Crippen molar-refractivity contribution in [3.63, 3.8) is 0 Å². The fourth-order valence-corrected chi connectivity index (χ4v) is 2.57. The van der Waals surface area contributed by atoms with Crippen LogP contribution in [0.3, 0.4) is 0 Å². The molecule has 0 radical (unpaired) electrons. The standard InChI is InChI=1S/C11H12BrIO2/c1-2-3-6-15-11(14)9-5-4-8(12)7-10(9)13/h4-5,7H,2-3,6H2,1H3. The number of ether oxygens (including phenoxy) is 1. The van der Waals surface area contributed by atoms with Crippen LogP contribution in [0.25, 0.3) is 0 Å². The van der Waals surface area contributed by atoms with Crippen LogP contribution in [-0.2, 0) is 4.74 Å². The maximum absolute atomic E-state index is 11.6. The van der Waals surface area contributed by atoms with E-state index >= 15 is 0 Å². The molecule has 0 unspecified atom stereocenters. The van der Waals surface area contributed by atoms with Gasteiger partial charge >= 0.3 is 5.97 Å². The smallest absolute Gasteiger partial charge is 0.339 e. The van der Waals surface area contributed by atoms with Gasteiger partial charge in [0, 0.05) is 8.04 Å². The lowest BCUT2D eigenvalue weighted by atomic mass is 10.2. The summed E-state index contributed by atoms with van der Waals surface area (Å²) in [5, 5.41) is 0. The molecular weight excluding hydrogens is 371 g/mol. The lowest BCUT2D eigenvalue weighted by Crippen LogP contribution is -2.08. The molecule has 2 nitrogen and oxygen atoms in total. The van der Waals surface area contributed by atoms with Gasteiger partial charge in [0.2, 0.25) is 0 Å². The van der Waals surface area contributed by atoms with Gasteiger partial charge in [0.05, 0.1) is 12.2 Å². The van der Waals surface area contributed by atoms with Crippen LogP contribution < -0.4 is 0 Å². The molecule has 0 fully saturated rings. The minimum absolute atomic E-state index is 0.236. The quantitative estimate of drug-likeness (QED) is 0.446. The number of halogens is 2. The van der Waals surface area contributed by atoms with E-state index in [4.69, 9.17) is 4.74 Å². The number of unbranched alkanes of at least 4 members (excludes halogenated alkanes) is 1. The van der Waals surface area contributed by atoms with Crippen LogP contribution in [0.1, 0.15) is 30.1 Å². The van der Waals surface area contributed by atoms with Crippen molar-refractivity contribution < 1.29 is 9.53 Å². The number of hydrogen-bond donors (Lipinski definition) is 0. The Bertz CT molecular complexity index is 352. The summed E-state index contributed by atoms with van der Waals surface area (Å²) in [4.78, 5) is 11.6. The van der Waals surface area contributed by atoms with E-state index in [1.54, 1.807) is 6.07 Å². The van der Waals surface area contributed by atoms with Gasteiger partial charge in [-0.2, -0.15) is 0 Å². The van der Waals surface area contributed by atoms with Crippen molar-refractivity contribution >= 4 is 44.5 Å². The summed E-state index contributed by atoms with van der Waals surface area (Å²) in [6.45, 7) is 2.57. The predicted octanol–water partition coefficient (Wildman–Crippen LogP) is 4.01. The summed E-state index contributed by atoms with van der Waals surface area (Å²) in [7, 11) is 0. The van der Waals surface area contributed by atoms with Gasteiger partial charge < -0.3 is 4.74 Å². The van der Waals surface area contributed by atoms with Crippen LogP contribution >= 0.6 is 38.5 Å². The van der Waals surface area contributed by atoms with Crippen LogP contribution in [0.5, 0.6) is 0 Å². The summed E-state index contributed by atoms with van der Waals surface area (Å²) in [5.41, 5.74) is 0.634. The molecule has 4 heteroatoms. The van der Waals surface area contributed by atoms with Gasteiger partial charge in [0.1, 0.15) is 0 Å². The average Bonchev–Trinajstić information content (AvgIpc) is 2.17. The highest BCUT2D eigenvalue weighted by Crippen LogP contribution is 2.19. The Hall–Kier alpha value is -0.100. The van der Waals surface area contributed by atoms with Crippen LogP contribution in [0.15, 0.2) is 22.7 Å². The number of esters is 1. The van der Waals surface area contributed by atoms with E-state index in [0.717, 1.165) is 20.9 Å². The van der Waals surface area contributed by atoms with E-state index in [0.29, 0.717) is 12.2 Å².